The Morgan fingerprint density at radius 2 is 2.03 bits per heavy atom. The van der Waals surface area contributed by atoms with E-state index in [1.807, 2.05) is 12.1 Å². The van der Waals surface area contributed by atoms with Crippen molar-refractivity contribution < 1.29 is 14.3 Å². The minimum absolute atomic E-state index is 0.0976. The highest BCUT2D eigenvalue weighted by atomic mass is 16.5. The first-order valence-electron chi connectivity index (χ1n) is 10.5. The number of hydrogen-bond acceptors (Lipinski definition) is 5. The zero-order chi connectivity index (χ0) is 21.9. The largest absolute Gasteiger partial charge is 0.496 e. The van der Waals surface area contributed by atoms with E-state index >= 15 is 0 Å². The third kappa shape index (κ3) is 4.22. The van der Waals surface area contributed by atoms with Crippen molar-refractivity contribution in [2.75, 3.05) is 44.9 Å². The van der Waals surface area contributed by atoms with E-state index in [9.17, 15) is 10.1 Å². The number of benzene rings is 1. The number of allylic oxidation sites excluding steroid dienone is 1. The molecule has 0 saturated carbocycles. The Morgan fingerprint density at radius 3 is 2.63 bits per heavy atom. The summed E-state index contributed by atoms with van der Waals surface area (Å²) in [5, 5.41) is 9.67. The lowest BCUT2D eigenvalue weighted by molar-refractivity contribution is -0.130. The zero-order valence-corrected chi connectivity index (χ0v) is 18.6. The van der Waals surface area contributed by atoms with Crippen LogP contribution in [-0.4, -0.2) is 56.3 Å². The lowest BCUT2D eigenvalue weighted by Crippen LogP contribution is -2.45. The van der Waals surface area contributed by atoms with Crippen molar-refractivity contribution in [2.45, 2.75) is 39.7 Å². The van der Waals surface area contributed by atoms with Gasteiger partial charge in [-0.15, -0.1) is 0 Å². The predicted octanol–water partition coefficient (Wildman–Crippen LogP) is 3.87. The van der Waals surface area contributed by atoms with Gasteiger partial charge in [-0.25, -0.2) is 0 Å². The highest BCUT2D eigenvalue weighted by Crippen LogP contribution is 2.42. The molecule has 1 aromatic rings. The molecule has 3 rings (SSSR count). The molecule has 6 nitrogen and oxygen atoms in total. The first-order chi connectivity index (χ1) is 14.3. The topological polar surface area (TPSA) is 65.8 Å². The van der Waals surface area contributed by atoms with Crippen LogP contribution in [-0.2, 0) is 9.53 Å². The van der Waals surface area contributed by atoms with Crippen molar-refractivity contribution in [3.05, 3.63) is 34.9 Å². The Labute approximate surface area is 179 Å². The van der Waals surface area contributed by atoms with Crippen LogP contribution in [0, 0.1) is 11.3 Å². The van der Waals surface area contributed by atoms with Gasteiger partial charge >= 0.3 is 0 Å². The van der Waals surface area contributed by atoms with Gasteiger partial charge in [0.05, 0.1) is 25.9 Å². The fourth-order valence-corrected chi connectivity index (χ4v) is 4.28. The first-order valence-corrected chi connectivity index (χ1v) is 10.5. The van der Waals surface area contributed by atoms with Gasteiger partial charge in [0.15, 0.2) is 0 Å². The molecule has 30 heavy (non-hydrogen) atoms. The summed E-state index contributed by atoms with van der Waals surface area (Å²) in [5.41, 5.74) is 4.15. The number of carbonyl (C=O) groups is 1. The Balaban J connectivity index is 2.06. The van der Waals surface area contributed by atoms with Crippen LogP contribution in [0.2, 0.25) is 0 Å². The summed E-state index contributed by atoms with van der Waals surface area (Å²) in [7, 11) is 1.62. The van der Waals surface area contributed by atoms with E-state index in [4.69, 9.17) is 9.47 Å². The van der Waals surface area contributed by atoms with Crippen molar-refractivity contribution in [2.24, 2.45) is 0 Å². The number of fused-ring (bicyclic) bond motifs is 1. The van der Waals surface area contributed by atoms with Gasteiger partial charge in [-0.2, -0.15) is 5.26 Å². The van der Waals surface area contributed by atoms with Crippen LogP contribution < -0.4 is 9.64 Å². The average molecular weight is 410 g/mol. The van der Waals surface area contributed by atoms with Crippen LogP contribution in [0.3, 0.4) is 0 Å². The van der Waals surface area contributed by atoms with Gasteiger partial charge in [-0.05, 0) is 44.9 Å². The van der Waals surface area contributed by atoms with Crippen LogP contribution in [0.1, 0.15) is 45.2 Å². The molecule has 1 aromatic carbocycles. The molecule has 160 valence electrons. The number of morpholine rings is 1. The van der Waals surface area contributed by atoms with E-state index in [0.29, 0.717) is 32.1 Å². The fraction of sp³-hybridized carbons (Fsp3) is 0.500. The van der Waals surface area contributed by atoms with E-state index in [-0.39, 0.29) is 17.0 Å². The lowest BCUT2D eigenvalue weighted by Gasteiger charge is -2.43. The Kier molecular flexibility index (Phi) is 6.52. The molecule has 6 heteroatoms. The Bertz CT molecular complexity index is 918. The molecule has 2 aliphatic heterocycles. The van der Waals surface area contributed by atoms with Gasteiger partial charge in [0.2, 0.25) is 0 Å². The Morgan fingerprint density at radius 1 is 1.33 bits per heavy atom. The third-order valence-electron chi connectivity index (χ3n) is 5.73. The summed E-state index contributed by atoms with van der Waals surface area (Å²) in [5.74, 6) is 0.393. The molecular weight excluding hydrogens is 378 g/mol. The molecule has 0 N–H and O–H groups in total. The molecule has 2 heterocycles. The van der Waals surface area contributed by atoms with Gasteiger partial charge in [0, 0.05) is 42.5 Å². The maximum Gasteiger partial charge on any atom is 0.264 e. The number of nitrogens with zero attached hydrogens (tertiary/aromatic N) is 3. The summed E-state index contributed by atoms with van der Waals surface area (Å²) in [6.45, 7) is 11.6. The van der Waals surface area contributed by atoms with Crippen LogP contribution >= 0.6 is 0 Å². The van der Waals surface area contributed by atoms with Crippen LogP contribution in [0.5, 0.6) is 5.75 Å². The minimum Gasteiger partial charge on any atom is -0.496 e. The van der Waals surface area contributed by atoms with Crippen LogP contribution in [0.15, 0.2) is 23.8 Å². The highest BCUT2D eigenvalue weighted by molar-refractivity contribution is 6.02. The van der Waals surface area contributed by atoms with Gasteiger partial charge in [-0.3, -0.25) is 4.79 Å². The number of anilines is 1. The molecule has 0 radical (unpaired) electrons. The van der Waals surface area contributed by atoms with E-state index in [1.165, 1.54) is 5.57 Å². The van der Waals surface area contributed by atoms with E-state index in [1.54, 1.807) is 18.1 Å². The first kappa shape index (κ1) is 21.9. The summed E-state index contributed by atoms with van der Waals surface area (Å²) in [6.07, 6.45) is 4.95. The van der Waals surface area contributed by atoms with Crippen molar-refractivity contribution in [3.8, 4) is 11.8 Å². The molecule has 0 aromatic heterocycles. The summed E-state index contributed by atoms with van der Waals surface area (Å²) >= 11 is 0. The molecular formula is C24H31N3O3. The van der Waals surface area contributed by atoms with Crippen molar-refractivity contribution in [3.63, 3.8) is 0 Å². The Hall–Kier alpha value is -2.78. The monoisotopic (exact) mass is 409 g/mol. The van der Waals surface area contributed by atoms with E-state index in [0.717, 1.165) is 29.8 Å². The second-order valence-corrected chi connectivity index (χ2v) is 8.32. The predicted molar refractivity (Wildman–Crippen MR) is 119 cm³/mol. The maximum absolute atomic E-state index is 12.8. The molecule has 0 bridgehead atoms. The molecule has 0 aliphatic carbocycles. The van der Waals surface area contributed by atoms with E-state index in [2.05, 4.69) is 44.7 Å². The molecule has 1 amide bonds. The molecule has 0 spiro atoms. The summed E-state index contributed by atoms with van der Waals surface area (Å²) in [4.78, 5) is 16.9. The maximum atomic E-state index is 12.8. The highest BCUT2D eigenvalue weighted by Gasteiger charge is 2.31. The molecule has 0 atom stereocenters. The number of amides is 1. The molecule has 2 aliphatic rings. The summed E-state index contributed by atoms with van der Waals surface area (Å²) in [6, 6.07) is 6.14. The lowest BCUT2D eigenvalue weighted by atomic mass is 9.87. The van der Waals surface area contributed by atoms with Gasteiger partial charge in [0.25, 0.3) is 5.91 Å². The molecule has 1 saturated heterocycles. The summed E-state index contributed by atoms with van der Waals surface area (Å²) < 4.78 is 11.0. The van der Waals surface area contributed by atoms with Crippen molar-refractivity contribution in [1.82, 2.24) is 4.90 Å². The molecule has 1 fully saturated rings. The normalized spacial score (nSPS) is 18.4. The standard InChI is InChI=1S/C24H31N3O3/c1-6-7-27-21-14-22(29-5)18(13-20(21)17(2)15-24(27,3)4)12-19(16-25)23(28)26-8-10-30-11-9-26/h12-15H,6-11H2,1-5H3/b19-12+. The quantitative estimate of drug-likeness (QED) is 0.546. The third-order valence-corrected chi connectivity index (χ3v) is 5.73. The van der Waals surface area contributed by atoms with Crippen molar-refractivity contribution in [1.29, 1.82) is 5.26 Å². The number of rotatable bonds is 5. The second kappa shape index (κ2) is 8.93. The fourth-order valence-electron chi connectivity index (χ4n) is 4.28. The van der Waals surface area contributed by atoms with E-state index < -0.39 is 0 Å². The van der Waals surface area contributed by atoms with Crippen LogP contribution in [0.4, 0.5) is 5.69 Å². The van der Waals surface area contributed by atoms with Crippen LogP contribution in [0.25, 0.3) is 11.6 Å². The number of methoxy groups -OCH3 is 1. The number of carbonyl (C=O) groups excluding carboxylic acids is 1. The van der Waals surface area contributed by atoms with Crippen molar-refractivity contribution >= 4 is 23.2 Å². The van der Waals surface area contributed by atoms with Gasteiger partial charge < -0.3 is 19.3 Å². The number of ether oxygens (including phenoxy) is 2. The van der Waals surface area contributed by atoms with Gasteiger partial charge in [0.1, 0.15) is 17.4 Å². The number of nitriles is 1. The second-order valence-electron chi connectivity index (χ2n) is 8.32. The minimum atomic E-state index is -0.262. The molecule has 0 unspecified atom stereocenters. The number of hydrogen-bond donors (Lipinski definition) is 0. The van der Waals surface area contributed by atoms with Gasteiger partial charge in [-0.1, -0.05) is 13.0 Å². The zero-order valence-electron chi connectivity index (χ0n) is 18.6. The SMILES string of the molecule is CCCN1c2cc(OC)c(/C=C(\C#N)C(=O)N3CCOCC3)cc2C(C)=CC1(C)C. The smallest absolute Gasteiger partial charge is 0.264 e. The average Bonchev–Trinajstić information content (AvgIpc) is 2.74.